The third-order valence-corrected chi connectivity index (χ3v) is 3.45. The van der Waals surface area contributed by atoms with Gasteiger partial charge in [0.1, 0.15) is 5.75 Å². The summed E-state index contributed by atoms with van der Waals surface area (Å²) in [6, 6.07) is 12.0. The van der Waals surface area contributed by atoms with E-state index in [2.05, 4.69) is 5.32 Å². The molecule has 1 unspecified atom stereocenters. The van der Waals surface area contributed by atoms with E-state index in [9.17, 15) is 23.4 Å². The fourth-order valence-corrected chi connectivity index (χ4v) is 2.30. The van der Waals surface area contributed by atoms with Crippen LogP contribution >= 0.6 is 17.0 Å². The average molecular weight is 406 g/mol. The van der Waals surface area contributed by atoms with Gasteiger partial charge in [0.05, 0.1) is 12.2 Å². The Balaban J connectivity index is 0.00000288. The molecule has 3 N–H and O–H groups in total. The minimum atomic E-state index is -4.51. The molecule has 2 aromatic carbocycles. The normalized spacial score (nSPS) is 12.5. The summed E-state index contributed by atoms with van der Waals surface area (Å²) in [4.78, 5) is 0. The second kappa shape index (κ2) is 9.05. The molecule has 3 nitrogen and oxygen atoms in total. The molecule has 0 saturated heterocycles. The van der Waals surface area contributed by atoms with Gasteiger partial charge in [0.2, 0.25) is 0 Å². The van der Waals surface area contributed by atoms with Crippen molar-refractivity contribution in [1.29, 1.82) is 0 Å². The highest BCUT2D eigenvalue weighted by atomic mass is 79.9. The Hall–Kier alpha value is -1.57. The lowest BCUT2D eigenvalue weighted by molar-refractivity contribution is -0.137. The lowest BCUT2D eigenvalue weighted by atomic mass is 10.0. The number of hydrogen-bond acceptors (Lipinski definition) is 3. The summed E-state index contributed by atoms with van der Waals surface area (Å²) in [5, 5.41) is 22.0. The van der Waals surface area contributed by atoms with Crippen LogP contribution in [0.15, 0.2) is 48.5 Å². The molecule has 0 aliphatic heterocycles. The van der Waals surface area contributed by atoms with E-state index in [4.69, 9.17) is 0 Å². The van der Waals surface area contributed by atoms with Crippen LogP contribution in [0.5, 0.6) is 5.75 Å². The van der Waals surface area contributed by atoms with Crippen molar-refractivity contribution < 1.29 is 23.4 Å². The van der Waals surface area contributed by atoms with Gasteiger partial charge in [-0.15, -0.1) is 17.0 Å². The molecule has 0 heterocycles. The monoisotopic (exact) mass is 405 g/mol. The zero-order valence-electron chi connectivity index (χ0n) is 12.8. The molecule has 132 valence electrons. The number of halogens is 4. The highest BCUT2D eigenvalue weighted by molar-refractivity contribution is 8.93. The number of phenolic OH excluding ortho intramolecular Hbond substituents is 1. The minimum Gasteiger partial charge on any atom is -0.508 e. The summed E-state index contributed by atoms with van der Waals surface area (Å²) in [5.74, 6) is -0.436. The van der Waals surface area contributed by atoms with E-state index >= 15 is 0 Å². The van der Waals surface area contributed by atoms with Crippen LogP contribution < -0.4 is 5.32 Å². The molecule has 0 aliphatic carbocycles. The van der Waals surface area contributed by atoms with Crippen molar-refractivity contribution in [2.75, 3.05) is 6.61 Å². The van der Waals surface area contributed by atoms with E-state index in [1.165, 1.54) is 6.07 Å². The van der Waals surface area contributed by atoms with Crippen LogP contribution in [0.3, 0.4) is 0 Å². The second-order valence-electron chi connectivity index (χ2n) is 5.34. The molecule has 0 radical (unpaired) electrons. The topological polar surface area (TPSA) is 52.5 Å². The lowest BCUT2D eigenvalue weighted by Gasteiger charge is -2.17. The summed E-state index contributed by atoms with van der Waals surface area (Å²) in [5.41, 5.74) is 0.432. The molecule has 0 aromatic heterocycles. The molecule has 1 atom stereocenters. The number of hydrogen-bond donors (Lipinski definition) is 3. The van der Waals surface area contributed by atoms with Crippen LogP contribution in [0.4, 0.5) is 13.2 Å². The molecular formula is C17H19BrF3NO2. The summed E-state index contributed by atoms with van der Waals surface area (Å²) in [6.07, 6.45) is -4.33. The molecule has 7 heteroatoms. The first-order valence-corrected chi connectivity index (χ1v) is 7.17. The Labute approximate surface area is 148 Å². The van der Waals surface area contributed by atoms with Crippen molar-refractivity contribution in [2.24, 2.45) is 0 Å². The molecule has 0 amide bonds. The summed E-state index contributed by atoms with van der Waals surface area (Å²) >= 11 is 0. The van der Waals surface area contributed by atoms with Crippen molar-refractivity contribution in [3.05, 3.63) is 65.2 Å². The fourth-order valence-electron chi connectivity index (χ4n) is 2.30. The first-order chi connectivity index (χ1) is 10.9. The van der Waals surface area contributed by atoms with Crippen molar-refractivity contribution in [1.82, 2.24) is 5.32 Å². The third kappa shape index (κ3) is 6.14. The van der Waals surface area contributed by atoms with Crippen LogP contribution in [0, 0.1) is 0 Å². The Morgan fingerprint density at radius 2 is 1.67 bits per heavy atom. The maximum atomic E-state index is 12.8. The zero-order valence-corrected chi connectivity index (χ0v) is 14.5. The Kier molecular flexibility index (Phi) is 7.72. The predicted molar refractivity (Wildman–Crippen MR) is 91.3 cm³/mol. The van der Waals surface area contributed by atoms with Gasteiger partial charge in [-0.3, -0.25) is 0 Å². The van der Waals surface area contributed by atoms with E-state index in [1.54, 1.807) is 0 Å². The van der Waals surface area contributed by atoms with E-state index in [1.807, 2.05) is 30.3 Å². The van der Waals surface area contributed by atoms with Gasteiger partial charge >= 0.3 is 6.18 Å². The van der Waals surface area contributed by atoms with Crippen LogP contribution in [-0.4, -0.2) is 22.9 Å². The van der Waals surface area contributed by atoms with Gasteiger partial charge < -0.3 is 15.5 Å². The van der Waals surface area contributed by atoms with Gasteiger partial charge in [-0.05, 0) is 35.7 Å². The number of nitrogens with one attached hydrogen (secondary N) is 1. The SMILES string of the molecule is Br.OCC(Cc1cc(O)cc(C(F)(F)F)c1)NCc1ccccc1. The number of phenols is 1. The Bertz CT molecular complexity index is 635. The number of alkyl halides is 3. The molecule has 0 aliphatic rings. The average Bonchev–Trinajstić information content (AvgIpc) is 2.51. The predicted octanol–water partition coefficient (Wildman–Crippen LogP) is 3.68. The van der Waals surface area contributed by atoms with Gasteiger partial charge in [0.15, 0.2) is 0 Å². The van der Waals surface area contributed by atoms with Crippen molar-refractivity contribution in [3.63, 3.8) is 0 Å². The largest absolute Gasteiger partial charge is 0.508 e. The smallest absolute Gasteiger partial charge is 0.416 e. The van der Waals surface area contributed by atoms with E-state index in [-0.39, 0.29) is 30.0 Å². The molecule has 2 rings (SSSR count). The van der Waals surface area contributed by atoms with Gasteiger partial charge in [-0.2, -0.15) is 13.2 Å². The summed E-state index contributed by atoms with van der Waals surface area (Å²) < 4.78 is 38.3. The molecule has 24 heavy (non-hydrogen) atoms. The van der Waals surface area contributed by atoms with Gasteiger partial charge in [-0.25, -0.2) is 0 Å². The molecule has 2 aromatic rings. The molecule has 0 bridgehead atoms. The lowest BCUT2D eigenvalue weighted by Crippen LogP contribution is -2.34. The first kappa shape index (κ1) is 20.5. The molecular weight excluding hydrogens is 387 g/mol. The molecule has 0 spiro atoms. The van der Waals surface area contributed by atoms with Gasteiger partial charge in [0, 0.05) is 12.6 Å². The number of benzene rings is 2. The number of aliphatic hydroxyl groups excluding tert-OH is 1. The van der Waals surface area contributed by atoms with Crippen LogP contribution in [0.2, 0.25) is 0 Å². The van der Waals surface area contributed by atoms with Crippen molar-refractivity contribution in [3.8, 4) is 5.75 Å². The van der Waals surface area contributed by atoms with Crippen LogP contribution in [-0.2, 0) is 19.1 Å². The van der Waals surface area contributed by atoms with Crippen LogP contribution in [0.1, 0.15) is 16.7 Å². The minimum absolute atomic E-state index is 0. The maximum Gasteiger partial charge on any atom is 0.416 e. The quantitative estimate of drug-likeness (QED) is 0.686. The van der Waals surface area contributed by atoms with E-state index in [0.29, 0.717) is 18.2 Å². The number of rotatable bonds is 6. The van der Waals surface area contributed by atoms with Gasteiger partial charge in [-0.1, -0.05) is 30.3 Å². The maximum absolute atomic E-state index is 12.8. The standard InChI is InChI=1S/C17H18F3NO2.BrH/c18-17(19,20)14-6-13(8-16(23)9-14)7-15(11-22)21-10-12-4-2-1-3-5-12;/h1-6,8-9,15,21-23H,7,10-11H2;1H. The van der Waals surface area contributed by atoms with Crippen LogP contribution in [0.25, 0.3) is 0 Å². The number of aliphatic hydroxyl groups is 1. The van der Waals surface area contributed by atoms with Crippen molar-refractivity contribution in [2.45, 2.75) is 25.2 Å². The fraction of sp³-hybridized carbons (Fsp3) is 0.294. The Morgan fingerprint density at radius 1 is 1.00 bits per heavy atom. The number of aromatic hydroxyl groups is 1. The molecule has 0 fully saturated rings. The zero-order chi connectivity index (χ0) is 16.9. The second-order valence-corrected chi connectivity index (χ2v) is 5.34. The summed E-state index contributed by atoms with van der Waals surface area (Å²) in [6.45, 7) is 0.279. The van der Waals surface area contributed by atoms with Gasteiger partial charge in [0.25, 0.3) is 0 Å². The Morgan fingerprint density at radius 3 is 2.25 bits per heavy atom. The highest BCUT2D eigenvalue weighted by Gasteiger charge is 2.31. The van der Waals surface area contributed by atoms with E-state index in [0.717, 1.165) is 11.6 Å². The molecule has 0 saturated carbocycles. The first-order valence-electron chi connectivity index (χ1n) is 7.17. The van der Waals surface area contributed by atoms with Crippen molar-refractivity contribution >= 4 is 17.0 Å². The third-order valence-electron chi connectivity index (χ3n) is 3.45. The highest BCUT2D eigenvalue weighted by Crippen LogP contribution is 2.32. The van der Waals surface area contributed by atoms with E-state index < -0.39 is 23.5 Å². The summed E-state index contributed by atoms with van der Waals surface area (Å²) in [7, 11) is 0.